The molecule has 1 aromatic rings. The Morgan fingerprint density at radius 2 is 1.68 bits per heavy atom. The van der Waals surface area contributed by atoms with Gasteiger partial charge in [0.15, 0.2) is 0 Å². The van der Waals surface area contributed by atoms with Gasteiger partial charge < -0.3 is 0 Å². The highest BCUT2D eigenvalue weighted by Gasteiger charge is 2.26. The smallest absolute Gasteiger partial charge is 0.0233 e. The van der Waals surface area contributed by atoms with E-state index in [9.17, 15) is 0 Å². The molecule has 3 rings (SSSR count). The van der Waals surface area contributed by atoms with Gasteiger partial charge in [0.25, 0.3) is 0 Å². The molecule has 1 saturated heterocycles. The predicted octanol–water partition coefficient (Wildman–Crippen LogP) is 4.25. The quantitative estimate of drug-likeness (QED) is 0.730. The maximum atomic E-state index is 2.63. The minimum absolute atomic E-state index is 0.976. The third-order valence-corrected chi connectivity index (χ3v) is 4.86. The first kappa shape index (κ1) is 12.9. The Hall–Kier alpha value is -1.08. The molecule has 1 fully saturated rings. The summed E-state index contributed by atoms with van der Waals surface area (Å²) in [6, 6.07) is 10.9. The zero-order valence-electron chi connectivity index (χ0n) is 11.8. The van der Waals surface area contributed by atoms with Crippen molar-refractivity contribution in [2.75, 3.05) is 13.1 Å². The Kier molecular flexibility index (Phi) is 4.34. The molecular weight excluding hydrogens is 230 g/mol. The van der Waals surface area contributed by atoms with E-state index in [1.165, 1.54) is 50.8 Å². The molecule has 0 saturated carbocycles. The average molecular weight is 255 g/mol. The average Bonchev–Trinajstić information content (AvgIpc) is 2.50. The maximum absolute atomic E-state index is 2.63. The van der Waals surface area contributed by atoms with Crippen LogP contribution in [0.3, 0.4) is 0 Å². The van der Waals surface area contributed by atoms with Gasteiger partial charge in [-0.05, 0) is 62.6 Å². The normalized spacial score (nSPS) is 25.6. The molecule has 0 amide bonds. The van der Waals surface area contributed by atoms with Gasteiger partial charge >= 0.3 is 0 Å². The van der Waals surface area contributed by atoms with Crippen LogP contribution in [-0.2, 0) is 6.54 Å². The first-order valence-electron chi connectivity index (χ1n) is 7.83. The van der Waals surface area contributed by atoms with E-state index in [1.54, 1.807) is 0 Å². The highest BCUT2D eigenvalue weighted by molar-refractivity contribution is 5.14. The van der Waals surface area contributed by atoms with E-state index in [0.717, 1.165) is 18.4 Å². The van der Waals surface area contributed by atoms with Crippen LogP contribution in [0.15, 0.2) is 42.5 Å². The molecule has 1 heteroatoms. The van der Waals surface area contributed by atoms with E-state index in [0.29, 0.717) is 0 Å². The molecule has 1 aliphatic heterocycles. The summed E-state index contributed by atoms with van der Waals surface area (Å²) in [5.74, 6) is 1.96. The van der Waals surface area contributed by atoms with Crippen molar-refractivity contribution in [1.82, 2.24) is 4.90 Å². The van der Waals surface area contributed by atoms with Gasteiger partial charge in [0, 0.05) is 6.54 Å². The topological polar surface area (TPSA) is 3.24 Å². The lowest BCUT2D eigenvalue weighted by molar-refractivity contribution is 0.136. The van der Waals surface area contributed by atoms with Gasteiger partial charge in [-0.15, -0.1) is 0 Å². The van der Waals surface area contributed by atoms with Crippen LogP contribution in [-0.4, -0.2) is 18.0 Å². The molecule has 1 unspecified atom stereocenters. The summed E-state index contributed by atoms with van der Waals surface area (Å²) in [6.07, 6.45) is 11.7. The summed E-state index contributed by atoms with van der Waals surface area (Å²) in [7, 11) is 0. The van der Waals surface area contributed by atoms with Crippen LogP contribution in [0.25, 0.3) is 0 Å². The molecular formula is C18H25N. The second-order valence-corrected chi connectivity index (χ2v) is 6.14. The summed E-state index contributed by atoms with van der Waals surface area (Å²) in [6.45, 7) is 3.72. The van der Waals surface area contributed by atoms with Gasteiger partial charge in [-0.25, -0.2) is 0 Å². The number of benzene rings is 1. The van der Waals surface area contributed by atoms with Gasteiger partial charge in [-0.2, -0.15) is 0 Å². The van der Waals surface area contributed by atoms with E-state index in [2.05, 4.69) is 47.4 Å². The standard InChI is InChI=1S/C18H25N/c1-3-7-16(8-4-1)15-19-13-11-18(12-14-19)17-9-5-2-6-10-17/h1-5,7-8,17-18H,6,9-15H2. The molecule has 0 radical (unpaired) electrons. The van der Waals surface area contributed by atoms with Crippen LogP contribution in [0.4, 0.5) is 0 Å². The molecule has 0 N–H and O–H groups in total. The van der Waals surface area contributed by atoms with Gasteiger partial charge in [0.05, 0.1) is 0 Å². The van der Waals surface area contributed by atoms with Crippen molar-refractivity contribution in [3.63, 3.8) is 0 Å². The fourth-order valence-electron chi connectivity index (χ4n) is 3.67. The van der Waals surface area contributed by atoms with Crippen molar-refractivity contribution in [1.29, 1.82) is 0 Å². The Labute approximate surface area is 117 Å². The van der Waals surface area contributed by atoms with E-state index in [1.807, 2.05) is 0 Å². The Balaban J connectivity index is 1.48. The van der Waals surface area contributed by atoms with E-state index in [4.69, 9.17) is 0 Å². The van der Waals surface area contributed by atoms with E-state index in [-0.39, 0.29) is 0 Å². The summed E-state index contributed by atoms with van der Waals surface area (Å²) in [4.78, 5) is 2.63. The number of hydrogen-bond acceptors (Lipinski definition) is 1. The molecule has 1 nitrogen and oxygen atoms in total. The number of nitrogens with zero attached hydrogens (tertiary/aromatic N) is 1. The van der Waals surface area contributed by atoms with Crippen molar-refractivity contribution < 1.29 is 0 Å². The number of piperidine rings is 1. The molecule has 0 aromatic heterocycles. The van der Waals surface area contributed by atoms with E-state index < -0.39 is 0 Å². The first-order valence-corrected chi connectivity index (χ1v) is 7.83. The van der Waals surface area contributed by atoms with Crippen LogP contribution in [0, 0.1) is 11.8 Å². The third-order valence-electron chi connectivity index (χ3n) is 4.86. The fourth-order valence-corrected chi connectivity index (χ4v) is 3.67. The summed E-state index contributed by atoms with van der Waals surface area (Å²) < 4.78 is 0. The lowest BCUT2D eigenvalue weighted by atomic mass is 9.78. The van der Waals surface area contributed by atoms with Gasteiger partial charge in [0.2, 0.25) is 0 Å². The molecule has 1 atom stereocenters. The second-order valence-electron chi connectivity index (χ2n) is 6.14. The zero-order chi connectivity index (χ0) is 12.9. The summed E-state index contributed by atoms with van der Waals surface area (Å²) in [5.41, 5.74) is 1.46. The van der Waals surface area contributed by atoms with Gasteiger partial charge in [0.1, 0.15) is 0 Å². The van der Waals surface area contributed by atoms with Crippen LogP contribution in [0.1, 0.15) is 37.7 Å². The Bertz CT molecular complexity index is 401. The van der Waals surface area contributed by atoms with Crippen molar-refractivity contribution in [3.8, 4) is 0 Å². The van der Waals surface area contributed by atoms with Crippen molar-refractivity contribution >= 4 is 0 Å². The Morgan fingerprint density at radius 1 is 0.895 bits per heavy atom. The molecule has 0 spiro atoms. The number of hydrogen-bond donors (Lipinski definition) is 0. The largest absolute Gasteiger partial charge is 0.299 e. The lowest BCUT2D eigenvalue weighted by Gasteiger charge is -2.36. The van der Waals surface area contributed by atoms with E-state index >= 15 is 0 Å². The van der Waals surface area contributed by atoms with Crippen LogP contribution in [0.5, 0.6) is 0 Å². The highest BCUT2D eigenvalue weighted by Crippen LogP contribution is 2.33. The SMILES string of the molecule is C1=CCC(C2CCN(Cc3ccccc3)CC2)CC1. The van der Waals surface area contributed by atoms with Crippen LogP contribution < -0.4 is 0 Å². The fraction of sp³-hybridized carbons (Fsp3) is 0.556. The summed E-state index contributed by atoms with van der Waals surface area (Å²) >= 11 is 0. The first-order chi connectivity index (χ1) is 9.42. The molecule has 2 aliphatic rings. The van der Waals surface area contributed by atoms with Crippen LogP contribution >= 0.6 is 0 Å². The molecule has 19 heavy (non-hydrogen) atoms. The number of likely N-dealkylation sites (tertiary alicyclic amines) is 1. The van der Waals surface area contributed by atoms with Crippen molar-refractivity contribution in [2.45, 2.75) is 38.6 Å². The van der Waals surface area contributed by atoms with Crippen molar-refractivity contribution in [2.24, 2.45) is 11.8 Å². The lowest BCUT2D eigenvalue weighted by Crippen LogP contribution is -2.35. The second kappa shape index (κ2) is 6.38. The molecule has 1 heterocycles. The molecule has 1 aliphatic carbocycles. The Morgan fingerprint density at radius 3 is 2.37 bits per heavy atom. The monoisotopic (exact) mass is 255 g/mol. The minimum Gasteiger partial charge on any atom is -0.299 e. The molecule has 0 bridgehead atoms. The highest BCUT2D eigenvalue weighted by atomic mass is 15.1. The number of rotatable bonds is 3. The molecule has 102 valence electrons. The maximum Gasteiger partial charge on any atom is 0.0233 e. The summed E-state index contributed by atoms with van der Waals surface area (Å²) in [5, 5.41) is 0. The van der Waals surface area contributed by atoms with Gasteiger partial charge in [-0.1, -0.05) is 42.5 Å². The third kappa shape index (κ3) is 3.48. The zero-order valence-corrected chi connectivity index (χ0v) is 11.8. The predicted molar refractivity (Wildman–Crippen MR) is 80.9 cm³/mol. The van der Waals surface area contributed by atoms with Gasteiger partial charge in [-0.3, -0.25) is 4.90 Å². The minimum atomic E-state index is 0.976. The number of allylic oxidation sites excluding steroid dienone is 2. The molecule has 1 aromatic carbocycles. The van der Waals surface area contributed by atoms with Crippen LogP contribution in [0.2, 0.25) is 0 Å². The van der Waals surface area contributed by atoms with Crippen molar-refractivity contribution in [3.05, 3.63) is 48.0 Å².